The molecule has 5 nitrogen and oxygen atoms in total. The fraction of sp³-hybridized carbons (Fsp3) is 0.333. The number of aliphatic hydroxyl groups is 2. The summed E-state index contributed by atoms with van der Waals surface area (Å²) in [6, 6.07) is 1.26. The molecule has 1 aromatic rings. The Morgan fingerprint density at radius 1 is 1.60 bits per heavy atom. The Labute approximate surface area is 85.4 Å². The molecule has 1 aromatic heterocycles. The smallest absolute Gasteiger partial charge is 0.223 e. The van der Waals surface area contributed by atoms with Crippen LogP contribution in [0.25, 0.3) is 0 Å². The van der Waals surface area contributed by atoms with E-state index in [9.17, 15) is 19.4 Å². The van der Waals surface area contributed by atoms with Crippen LogP contribution in [-0.2, 0) is 0 Å². The van der Waals surface area contributed by atoms with Crippen molar-refractivity contribution in [2.45, 2.75) is 12.2 Å². The van der Waals surface area contributed by atoms with Crippen LogP contribution in [0.1, 0.15) is 22.0 Å². The van der Waals surface area contributed by atoms with Crippen molar-refractivity contribution < 1.29 is 19.4 Å². The third-order valence-electron chi connectivity index (χ3n) is 2.02. The molecule has 0 aliphatic rings. The van der Waals surface area contributed by atoms with Crippen LogP contribution in [0.5, 0.6) is 0 Å². The summed E-state index contributed by atoms with van der Waals surface area (Å²) in [7, 11) is 0. The Bertz CT molecular complexity index is 359. The molecule has 2 unspecified atom stereocenters. The Morgan fingerprint density at radius 3 is 2.80 bits per heavy atom. The average Bonchev–Trinajstić information content (AvgIpc) is 2.26. The van der Waals surface area contributed by atoms with E-state index in [4.69, 9.17) is 5.73 Å². The molecule has 1 rings (SSSR count). The zero-order valence-corrected chi connectivity index (χ0v) is 7.80. The maximum absolute atomic E-state index is 13.0. The van der Waals surface area contributed by atoms with Crippen molar-refractivity contribution in [2.24, 2.45) is 5.73 Å². The molecular formula is C9H11FN2O3. The molecule has 0 fully saturated rings. The fourth-order valence-electron chi connectivity index (χ4n) is 1.17. The second-order valence-corrected chi connectivity index (χ2v) is 2.97. The van der Waals surface area contributed by atoms with Crippen molar-refractivity contribution >= 4 is 6.29 Å². The van der Waals surface area contributed by atoms with Crippen LogP contribution in [0.4, 0.5) is 4.39 Å². The molecule has 0 saturated heterocycles. The molecule has 4 N–H and O–H groups in total. The number of hydrogen-bond donors (Lipinski definition) is 3. The average molecular weight is 214 g/mol. The van der Waals surface area contributed by atoms with Gasteiger partial charge in [0.25, 0.3) is 0 Å². The summed E-state index contributed by atoms with van der Waals surface area (Å²) in [6.45, 7) is -0.191. The molecule has 0 saturated carbocycles. The zero-order chi connectivity index (χ0) is 11.4. The molecule has 0 amide bonds. The summed E-state index contributed by atoms with van der Waals surface area (Å²) < 4.78 is 13.0. The summed E-state index contributed by atoms with van der Waals surface area (Å²) >= 11 is 0. The minimum absolute atomic E-state index is 0.0181. The van der Waals surface area contributed by atoms with E-state index >= 15 is 0 Å². The maximum atomic E-state index is 13.0. The first-order chi connectivity index (χ1) is 7.11. The van der Waals surface area contributed by atoms with Crippen molar-refractivity contribution in [3.05, 3.63) is 29.3 Å². The minimum atomic E-state index is -1.40. The first-order valence-corrected chi connectivity index (χ1v) is 4.27. The predicted octanol–water partition coefficient (Wildman–Crippen LogP) is -0.614. The Balaban J connectivity index is 3.13. The molecule has 1 heterocycles. The summed E-state index contributed by atoms with van der Waals surface area (Å²) in [4.78, 5) is 13.8. The summed E-state index contributed by atoms with van der Waals surface area (Å²) in [5.41, 5.74) is 4.75. The molecule has 0 spiro atoms. The number of aldehydes is 1. The van der Waals surface area contributed by atoms with Gasteiger partial charge in [-0.15, -0.1) is 0 Å². The van der Waals surface area contributed by atoms with Crippen molar-refractivity contribution in [1.29, 1.82) is 0 Å². The maximum Gasteiger partial charge on any atom is 0.223 e. The highest BCUT2D eigenvalue weighted by molar-refractivity contribution is 5.77. The summed E-state index contributed by atoms with van der Waals surface area (Å²) in [5, 5.41) is 18.8. The number of carbonyl (C=O) groups is 1. The SMILES string of the molecule is NCC(O)C(O)c1ccnc(F)c1C=O. The first kappa shape index (κ1) is 11.7. The molecule has 15 heavy (non-hydrogen) atoms. The Morgan fingerprint density at radius 2 is 2.27 bits per heavy atom. The lowest BCUT2D eigenvalue weighted by Gasteiger charge is -2.17. The van der Waals surface area contributed by atoms with Gasteiger partial charge in [-0.25, -0.2) is 4.98 Å². The quantitative estimate of drug-likeness (QED) is 0.458. The lowest BCUT2D eigenvalue weighted by molar-refractivity contribution is 0.0237. The van der Waals surface area contributed by atoms with Gasteiger partial charge in [-0.2, -0.15) is 4.39 Å². The third-order valence-corrected chi connectivity index (χ3v) is 2.02. The molecule has 0 bridgehead atoms. The standard InChI is InChI=1S/C9H11FN2O3/c10-9-6(4-13)5(1-2-12-9)8(15)7(14)3-11/h1-2,4,7-8,14-15H,3,11H2. The predicted molar refractivity (Wildman–Crippen MR) is 49.6 cm³/mol. The topological polar surface area (TPSA) is 96.4 Å². The van der Waals surface area contributed by atoms with E-state index < -0.39 is 18.2 Å². The molecule has 0 aliphatic heterocycles. The molecule has 2 atom stereocenters. The largest absolute Gasteiger partial charge is 0.389 e. The molecule has 82 valence electrons. The normalized spacial score (nSPS) is 14.7. The number of halogens is 1. The first-order valence-electron chi connectivity index (χ1n) is 4.27. The van der Waals surface area contributed by atoms with Gasteiger partial charge in [-0.3, -0.25) is 4.79 Å². The van der Waals surface area contributed by atoms with Gasteiger partial charge in [0.15, 0.2) is 6.29 Å². The molecule has 0 aliphatic carbocycles. The molecule has 0 aromatic carbocycles. The van der Waals surface area contributed by atoms with Crippen molar-refractivity contribution in [3.63, 3.8) is 0 Å². The van der Waals surface area contributed by atoms with E-state index in [-0.39, 0.29) is 24.0 Å². The summed E-state index contributed by atoms with van der Waals surface area (Å²) in [5.74, 6) is -0.981. The van der Waals surface area contributed by atoms with E-state index in [1.54, 1.807) is 0 Å². The lowest BCUT2D eigenvalue weighted by Crippen LogP contribution is -2.28. The number of aliphatic hydroxyl groups excluding tert-OH is 2. The number of aromatic nitrogens is 1. The van der Waals surface area contributed by atoms with Crippen molar-refractivity contribution in [1.82, 2.24) is 4.98 Å². The van der Waals surface area contributed by atoms with Crippen LogP contribution in [0.15, 0.2) is 12.3 Å². The lowest BCUT2D eigenvalue weighted by atomic mass is 10.0. The molecule has 6 heteroatoms. The number of nitrogens with zero attached hydrogens (tertiary/aromatic N) is 1. The van der Waals surface area contributed by atoms with Crippen LogP contribution >= 0.6 is 0 Å². The van der Waals surface area contributed by atoms with E-state index in [1.807, 2.05) is 0 Å². The number of carbonyl (C=O) groups excluding carboxylic acids is 1. The second kappa shape index (κ2) is 4.92. The number of nitrogens with two attached hydrogens (primary N) is 1. The highest BCUT2D eigenvalue weighted by atomic mass is 19.1. The number of hydrogen-bond acceptors (Lipinski definition) is 5. The van der Waals surface area contributed by atoms with Crippen LogP contribution in [-0.4, -0.2) is 34.1 Å². The van der Waals surface area contributed by atoms with E-state index in [0.717, 1.165) is 6.20 Å². The Kier molecular flexibility index (Phi) is 3.84. The van der Waals surface area contributed by atoms with Crippen molar-refractivity contribution in [3.8, 4) is 0 Å². The van der Waals surface area contributed by atoms with Crippen molar-refractivity contribution in [2.75, 3.05) is 6.54 Å². The van der Waals surface area contributed by atoms with Gasteiger partial charge < -0.3 is 15.9 Å². The van der Waals surface area contributed by atoms with Gasteiger partial charge in [-0.05, 0) is 11.6 Å². The van der Waals surface area contributed by atoms with E-state index in [1.165, 1.54) is 6.07 Å². The molecular weight excluding hydrogens is 203 g/mol. The minimum Gasteiger partial charge on any atom is -0.389 e. The van der Waals surface area contributed by atoms with Crippen LogP contribution in [0.2, 0.25) is 0 Å². The Hall–Kier alpha value is -1.37. The van der Waals surface area contributed by atoms with Gasteiger partial charge in [0, 0.05) is 12.7 Å². The summed E-state index contributed by atoms with van der Waals surface area (Å²) in [6.07, 6.45) is -1.30. The number of pyridine rings is 1. The van der Waals surface area contributed by atoms with Gasteiger partial charge in [-0.1, -0.05) is 0 Å². The zero-order valence-electron chi connectivity index (χ0n) is 7.80. The van der Waals surface area contributed by atoms with Crippen LogP contribution in [0.3, 0.4) is 0 Å². The second-order valence-electron chi connectivity index (χ2n) is 2.97. The van der Waals surface area contributed by atoms with E-state index in [2.05, 4.69) is 4.98 Å². The third kappa shape index (κ3) is 2.35. The monoisotopic (exact) mass is 214 g/mol. The molecule has 0 radical (unpaired) electrons. The van der Waals surface area contributed by atoms with Gasteiger partial charge >= 0.3 is 0 Å². The van der Waals surface area contributed by atoms with Crippen LogP contribution in [0, 0.1) is 5.95 Å². The van der Waals surface area contributed by atoms with Gasteiger partial charge in [0.2, 0.25) is 5.95 Å². The highest BCUT2D eigenvalue weighted by Crippen LogP contribution is 2.20. The fourth-order valence-corrected chi connectivity index (χ4v) is 1.17. The number of rotatable bonds is 4. The van der Waals surface area contributed by atoms with Crippen LogP contribution < -0.4 is 5.73 Å². The van der Waals surface area contributed by atoms with Gasteiger partial charge in [0.1, 0.15) is 6.10 Å². The van der Waals surface area contributed by atoms with E-state index in [0.29, 0.717) is 0 Å². The van der Waals surface area contributed by atoms with Gasteiger partial charge in [0.05, 0.1) is 11.7 Å². The highest BCUT2D eigenvalue weighted by Gasteiger charge is 2.21.